The molecule has 4 fully saturated rings. The quantitative estimate of drug-likeness (QED) is 0.244. The number of anilines is 1. The number of nitrogens with two attached hydrogens (primary N) is 1. The number of carbonyl (C=O) groups excluding carboxylic acids is 3. The van der Waals surface area contributed by atoms with Crippen molar-refractivity contribution in [3.63, 3.8) is 0 Å². The maximum Gasteiger partial charge on any atom is 0.408 e. The molecule has 15 heteroatoms. The molecule has 0 radical (unpaired) electrons. The van der Waals surface area contributed by atoms with Gasteiger partial charge >= 0.3 is 6.09 Å². The third-order valence-electron chi connectivity index (χ3n) is 10.2. The summed E-state index contributed by atoms with van der Waals surface area (Å²) in [5, 5.41) is 7.03. The average Bonchev–Trinajstić information content (AvgIpc) is 3.47. The van der Waals surface area contributed by atoms with Gasteiger partial charge in [-0.1, -0.05) is 32.4 Å². The summed E-state index contributed by atoms with van der Waals surface area (Å²) in [6, 6.07) is 3.50. The van der Waals surface area contributed by atoms with Gasteiger partial charge in [-0.15, -0.1) is 0 Å². The minimum atomic E-state index is -0.958. The highest BCUT2D eigenvalue weighted by molar-refractivity contribution is 6.36. The molecule has 2 aliphatic carbocycles. The van der Waals surface area contributed by atoms with E-state index in [4.69, 9.17) is 46.0 Å². The number of ether oxygens (including phenoxy) is 5. The van der Waals surface area contributed by atoms with Crippen LogP contribution < -0.4 is 25.8 Å². The number of pyridine rings is 1. The van der Waals surface area contributed by atoms with Gasteiger partial charge in [0.2, 0.25) is 11.8 Å². The van der Waals surface area contributed by atoms with Crippen LogP contribution in [0.15, 0.2) is 18.2 Å². The number of hydrogen-bond donors (Lipinski definition) is 3. The molecule has 280 valence electrons. The minimum Gasteiger partial charge on any atom is -0.491 e. The summed E-state index contributed by atoms with van der Waals surface area (Å²) >= 11 is 6.91. The number of methoxy groups -OCH3 is 1. The van der Waals surface area contributed by atoms with Gasteiger partial charge in [-0.2, -0.15) is 0 Å². The summed E-state index contributed by atoms with van der Waals surface area (Å²) in [4.78, 5) is 48.3. The lowest BCUT2D eigenvalue weighted by Crippen LogP contribution is -2.57. The molecule has 1 aromatic heterocycles. The third-order valence-corrected chi connectivity index (χ3v) is 10.6. The molecule has 0 spiro atoms. The van der Waals surface area contributed by atoms with Gasteiger partial charge < -0.3 is 45.0 Å². The van der Waals surface area contributed by atoms with Crippen LogP contribution in [0.1, 0.15) is 46.5 Å². The Morgan fingerprint density at radius 3 is 2.49 bits per heavy atom. The molecular formula is C36H51ClN6O8. The summed E-state index contributed by atoms with van der Waals surface area (Å²) in [5.74, 6) is 1.69. The van der Waals surface area contributed by atoms with Crippen LogP contribution in [-0.4, -0.2) is 123 Å². The highest BCUT2D eigenvalue weighted by atomic mass is 35.5. The molecule has 2 saturated carbocycles. The number of aromatic nitrogens is 1. The Labute approximate surface area is 303 Å². The van der Waals surface area contributed by atoms with E-state index in [-0.39, 0.29) is 19.1 Å². The normalized spacial score (nSPS) is 25.3. The van der Waals surface area contributed by atoms with Gasteiger partial charge in [-0.3, -0.25) is 14.5 Å². The Balaban J connectivity index is 1.19. The maximum atomic E-state index is 14.1. The zero-order valence-corrected chi connectivity index (χ0v) is 30.7. The van der Waals surface area contributed by atoms with E-state index in [9.17, 15) is 14.4 Å². The molecular weight excluding hydrogens is 680 g/mol. The maximum absolute atomic E-state index is 14.1. The van der Waals surface area contributed by atoms with Crippen molar-refractivity contribution in [2.24, 2.45) is 23.0 Å². The fourth-order valence-electron chi connectivity index (χ4n) is 7.35. The van der Waals surface area contributed by atoms with Crippen molar-refractivity contribution >= 4 is 46.2 Å². The first kappa shape index (κ1) is 37.2. The van der Waals surface area contributed by atoms with E-state index in [1.807, 2.05) is 26.8 Å². The Hall–Kier alpha value is -3.59. The van der Waals surface area contributed by atoms with E-state index in [2.05, 4.69) is 15.5 Å². The van der Waals surface area contributed by atoms with E-state index in [1.54, 1.807) is 19.2 Å². The van der Waals surface area contributed by atoms with E-state index in [0.29, 0.717) is 78.1 Å². The number of benzene rings is 1. The average molecular weight is 731 g/mol. The van der Waals surface area contributed by atoms with E-state index in [0.717, 1.165) is 32.5 Å². The molecule has 2 unspecified atom stereocenters. The number of primary amides is 1. The molecule has 0 bridgehead atoms. The molecule has 2 aromatic rings. The van der Waals surface area contributed by atoms with Crippen molar-refractivity contribution in [3.8, 4) is 11.5 Å². The van der Waals surface area contributed by atoms with Crippen molar-refractivity contribution in [3.05, 3.63) is 23.2 Å². The van der Waals surface area contributed by atoms with Crippen LogP contribution in [0.3, 0.4) is 0 Å². The van der Waals surface area contributed by atoms with Crippen LogP contribution in [0, 0.1) is 17.3 Å². The molecule has 3 heterocycles. The summed E-state index contributed by atoms with van der Waals surface area (Å²) < 4.78 is 29.0. The van der Waals surface area contributed by atoms with Gasteiger partial charge in [0.05, 0.1) is 31.9 Å². The van der Waals surface area contributed by atoms with Gasteiger partial charge in [0, 0.05) is 51.2 Å². The molecule has 6 atom stereocenters. The Morgan fingerprint density at radius 2 is 1.80 bits per heavy atom. The van der Waals surface area contributed by atoms with Crippen LogP contribution in [-0.2, 0) is 23.8 Å². The van der Waals surface area contributed by atoms with Crippen LogP contribution in [0.5, 0.6) is 11.5 Å². The molecule has 2 saturated heterocycles. The Kier molecular flexibility index (Phi) is 11.6. The summed E-state index contributed by atoms with van der Waals surface area (Å²) in [6.45, 7) is 10.9. The number of hydrogen-bond acceptors (Lipinski definition) is 11. The first-order valence-electron chi connectivity index (χ1n) is 17.9. The number of alkyl carbamates (subject to hydrolysis) is 1. The first-order chi connectivity index (χ1) is 24.4. The van der Waals surface area contributed by atoms with Crippen LogP contribution in [0.4, 0.5) is 10.6 Å². The highest BCUT2D eigenvalue weighted by Gasteiger charge is 2.48. The van der Waals surface area contributed by atoms with Crippen molar-refractivity contribution in [2.45, 2.75) is 70.7 Å². The number of likely N-dealkylation sites (tertiary alicyclic amines) is 1. The molecule has 2 aliphatic heterocycles. The number of nitrogens with zero attached hydrogens (tertiary/aromatic N) is 3. The van der Waals surface area contributed by atoms with Crippen LogP contribution >= 0.6 is 11.6 Å². The van der Waals surface area contributed by atoms with Crippen molar-refractivity contribution in [1.29, 1.82) is 0 Å². The van der Waals surface area contributed by atoms with Gasteiger partial charge in [-0.25, -0.2) is 9.78 Å². The number of amides is 3. The SMILES string of the molecule is COCCNc1cc(OC2C[C@@H](C(N)=O)N(C(=O)[C@@H](NC(=O)OC3C[C@@H]4C[C@@H]4C3)C(C)(C)C)C2)c2ccc(OCCN3CCOCC3)c(Cl)c2n1. The first-order valence-corrected chi connectivity index (χ1v) is 18.3. The second kappa shape index (κ2) is 16.0. The molecule has 14 nitrogen and oxygen atoms in total. The Morgan fingerprint density at radius 1 is 1.06 bits per heavy atom. The van der Waals surface area contributed by atoms with Crippen molar-refractivity contribution in [2.75, 3.05) is 71.6 Å². The lowest BCUT2D eigenvalue weighted by atomic mass is 9.85. The smallest absolute Gasteiger partial charge is 0.408 e. The summed E-state index contributed by atoms with van der Waals surface area (Å²) in [5.41, 5.74) is 5.65. The molecule has 6 rings (SSSR count). The second-order valence-electron chi connectivity index (χ2n) is 15.1. The fraction of sp³-hybridized carbons (Fsp3) is 0.667. The largest absolute Gasteiger partial charge is 0.491 e. The molecule has 4 aliphatic rings. The fourth-order valence-corrected chi connectivity index (χ4v) is 7.61. The summed E-state index contributed by atoms with van der Waals surface area (Å²) in [6.07, 6.45) is 1.74. The standard InChI is InChI=1S/C36H51ClN6O8/c1-36(2,3)32(41-35(46)51-23-16-21-15-22(21)17-23)34(45)43-20-24(18-26(43)33(38)44)50-28-19-29(39-7-11-47-4)40-31-25(28)5-6-27(30(31)37)49-14-10-42-8-12-48-13-9-42/h5-6,19,21-24,26,32H,7-18,20H2,1-4H3,(H2,38,44)(H,39,40)(H,41,46)/t21-,22+,23?,24?,26-,32+/m0/s1. The molecule has 51 heavy (non-hydrogen) atoms. The topological polar surface area (TPSA) is 167 Å². The van der Waals surface area contributed by atoms with E-state index in [1.165, 1.54) is 11.3 Å². The van der Waals surface area contributed by atoms with Crippen LogP contribution in [0.2, 0.25) is 5.02 Å². The minimum absolute atomic E-state index is 0.0778. The second-order valence-corrected chi connectivity index (χ2v) is 15.5. The van der Waals surface area contributed by atoms with Gasteiger partial charge in [0.25, 0.3) is 0 Å². The number of carbonyl (C=O) groups is 3. The monoisotopic (exact) mass is 730 g/mol. The van der Waals surface area contributed by atoms with Gasteiger partial charge in [0.15, 0.2) is 0 Å². The Bertz CT molecular complexity index is 1570. The zero-order valence-electron chi connectivity index (χ0n) is 30.0. The predicted octanol–water partition coefficient (Wildman–Crippen LogP) is 3.43. The number of halogens is 1. The lowest BCUT2D eigenvalue weighted by molar-refractivity contribution is -0.141. The lowest BCUT2D eigenvalue weighted by Gasteiger charge is -2.35. The number of nitrogens with one attached hydrogen (secondary N) is 2. The van der Waals surface area contributed by atoms with E-state index >= 15 is 0 Å². The molecule has 3 amide bonds. The van der Waals surface area contributed by atoms with Crippen LogP contribution in [0.25, 0.3) is 10.9 Å². The molecule has 4 N–H and O–H groups in total. The highest BCUT2D eigenvalue weighted by Crippen LogP contribution is 2.52. The number of morpholine rings is 1. The van der Waals surface area contributed by atoms with Gasteiger partial charge in [0.1, 0.15) is 53.2 Å². The predicted molar refractivity (Wildman–Crippen MR) is 191 cm³/mol. The zero-order chi connectivity index (χ0) is 36.3. The third kappa shape index (κ3) is 9.08. The number of fused-ring (bicyclic) bond motifs is 2. The van der Waals surface area contributed by atoms with Gasteiger partial charge in [-0.05, 0) is 48.6 Å². The van der Waals surface area contributed by atoms with Crippen molar-refractivity contribution < 1.29 is 38.1 Å². The van der Waals surface area contributed by atoms with Crippen molar-refractivity contribution in [1.82, 2.24) is 20.1 Å². The molecule has 1 aromatic carbocycles. The number of rotatable bonds is 14. The van der Waals surface area contributed by atoms with E-state index < -0.39 is 41.5 Å². The summed E-state index contributed by atoms with van der Waals surface area (Å²) in [7, 11) is 1.62.